The van der Waals surface area contributed by atoms with Crippen LogP contribution in [0.2, 0.25) is 10.0 Å². The van der Waals surface area contributed by atoms with Crippen LogP contribution in [-0.4, -0.2) is 26.5 Å². The number of nitrogens with two attached hydrogens (primary N) is 1. The Bertz CT molecular complexity index is 1060. The highest BCUT2D eigenvalue weighted by Crippen LogP contribution is 2.30. The van der Waals surface area contributed by atoms with Gasteiger partial charge in [0.25, 0.3) is 0 Å². The SMILES string of the molecule is Nn1c(SCC(=O)Nc2ccc(F)c(F)c2F)nnc1-c1cc(Cl)ccc1Cl. The zero-order chi connectivity index (χ0) is 20.4. The number of carbonyl (C=O) groups excluding carboxylic acids is 1. The van der Waals surface area contributed by atoms with Crippen LogP contribution < -0.4 is 11.2 Å². The van der Waals surface area contributed by atoms with Crippen LogP contribution in [-0.2, 0) is 4.79 Å². The summed E-state index contributed by atoms with van der Waals surface area (Å²) in [6.45, 7) is 0. The molecule has 2 aromatic carbocycles. The van der Waals surface area contributed by atoms with E-state index < -0.39 is 29.0 Å². The number of thioether (sulfide) groups is 1. The van der Waals surface area contributed by atoms with Crippen molar-refractivity contribution in [1.29, 1.82) is 0 Å². The molecule has 12 heteroatoms. The summed E-state index contributed by atoms with van der Waals surface area (Å²) < 4.78 is 40.9. The Kier molecular flexibility index (Phi) is 6.01. The predicted molar refractivity (Wildman–Crippen MR) is 101 cm³/mol. The smallest absolute Gasteiger partial charge is 0.234 e. The highest BCUT2D eigenvalue weighted by molar-refractivity contribution is 7.99. The van der Waals surface area contributed by atoms with Crippen LogP contribution in [0.4, 0.5) is 18.9 Å². The molecule has 0 bridgehead atoms. The minimum Gasteiger partial charge on any atom is -0.335 e. The molecule has 0 aliphatic heterocycles. The molecule has 0 atom stereocenters. The molecule has 6 nitrogen and oxygen atoms in total. The zero-order valence-corrected chi connectivity index (χ0v) is 16.0. The average Bonchev–Trinajstić information content (AvgIpc) is 3.03. The van der Waals surface area contributed by atoms with Gasteiger partial charge in [0.2, 0.25) is 11.1 Å². The van der Waals surface area contributed by atoms with E-state index in [1.54, 1.807) is 18.2 Å². The van der Waals surface area contributed by atoms with Crippen LogP contribution in [0.3, 0.4) is 0 Å². The number of nitrogen functional groups attached to an aromatic ring is 1. The summed E-state index contributed by atoms with van der Waals surface area (Å²) in [6, 6.07) is 6.36. The summed E-state index contributed by atoms with van der Waals surface area (Å²) in [5.41, 5.74) is -0.0329. The highest BCUT2D eigenvalue weighted by atomic mass is 35.5. The van der Waals surface area contributed by atoms with E-state index >= 15 is 0 Å². The number of nitrogens with one attached hydrogen (secondary N) is 1. The van der Waals surface area contributed by atoms with Crippen LogP contribution in [0.15, 0.2) is 35.5 Å². The maximum atomic E-state index is 13.6. The zero-order valence-electron chi connectivity index (χ0n) is 13.7. The fourth-order valence-corrected chi connectivity index (χ4v) is 3.20. The van der Waals surface area contributed by atoms with Crippen molar-refractivity contribution in [2.45, 2.75) is 5.16 Å². The van der Waals surface area contributed by atoms with E-state index in [4.69, 9.17) is 29.0 Å². The Morgan fingerprint density at radius 2 is 1.89 bits per heavy atom. The fourth-order valence-electron chi connectivity index (χ4n) is 2.17. The molecule has 1 aromatic heterocycles. The normalized spacial score (nSPS) is 10.9. The molecular formula is C16H10Cl2F3N5OS. The minimum absolute atomic E-state index is 0.173. The van der Waals surface area contributed by atoms with Crippen LogP contribution in [0.25, 0.3) is 11.4 Å². The number of halogens is 5. The lowest BCUT2D eigenvalue weighted by molar-refractivity contribution is -0.113. The first-order chi connectivity index (χ1) is 13.3. The van der Waals surface area contributed by atoms with Gasteiger partial charge >= 0.3 is 0 Å². The Morgan fingerprint density at radius 1 is 1.14 bits per heavy atom. The summed E-state index contributed by atoms with van der Waals surface area (Å²) in [6.07, 6.45) is 0. The molecule has 3 rings (SSSR count). The molecule has 0 saturated heterocycles. The number of hydrogen-bond acceptors (Lipinski definition) is 5. The van der Waals surface area contributed by atoms with Crippen molar-refractivity contribution in [2.24, 2.45) is 0 Å². The summed E-state index contributed by atoms with van der Waals surface area (Å²) >= 11 is 13.0. The number of rotatable bonds is 5. The number of aromatic nitrogens is 3. The van der Waals surface area contributed by atoms with Crippen LogP contribution in [0.5, 0.6) is 0 Å². The van der Waals surface area contributed by atoms with Crippen molar-refractivity contribution in [1.82, 2.24) is 14.9 Å². The van der Waals surface area contributed by atoms with E-state index in [9.17, 15) is 18.0 Å². The van der Waals surface area contributed by atoms with Gasteiger partial charge < -0.3 is 11.2 Å². The molecule has 1 heterocycles. The van der Waals surface area contributed by atoms with Gasteiger partial charge in [0.1, 0.15) is 0 Å². The number of nitrogens with zero attached hydrogens (tertiary/aromatic N) is 3. The van der Waals surface area contributed by atoms with Gasteiger partial charge in [-0.15, -0.1) is 10.2 Å². The Hall–Kier alpha value is -2.43. The molecule has 0 saturated carbocycles. The molecule has 0 aliphatic rings. The first-order valence-corrected chi connectivity index (χ1v) is 9.24. The Morgan fingerprint density at radius 3 is 2.64 bits per heavy atom. The Labute approximate surface area is 170 Å². The molecule has 0 fully saturated rings. The second-order valence-corrected chi connectivity index (χ2v) is 7.15. The molecule has 0 spiro atoms. The second-order valence-electron chi connectivity index (χ2n) is 5.36. The van der Waals surface area contributed by atoms with E-state index in [1.165, 1.54) is 0 Å². The predicted octanol–water partition coefficient (Wildman–Crippen LogP) is 4.11. The van der Waals surface area contributed by atoms with Gasteiger partial charge in [-0.05, 0) is 30.3 Å². The maximum Gasteiger partial charge on any atom is 0.234 e. The maximum absolute atomic E-state index is 13.6. The monoisotopic (exact) mass is 447 g/mol. The second kappa shape index (κ2) is 8.29. The molecule has 3 N–H and O–H groups in total. The molecule has 0 aliphatic carbocycles. The van der Waals surface area contributed by atoms with Gasteiger partial charge in [-0.3, -0.25) is 4.79 Å². The first kappa shape index (κ1) is 20.3. The van der Waals surface area contributed by atoms with Gasteiger partial charge in [0.15, 0.2) is 23.3 Å². The third-order valence-corrected chi connectivity index (χ3v) is 4.98. The number of anilines is 1. The molecule has 28 heavy (non-hydrogen) atoms. The van der Waals surface area contributed by atoms with Gasteiger partial charge in [-0.25, -0.2) is 17.8 Å². The van der Waals surface area contributed by atoms with Gasteiger partial charge in [0.05, 0.1) is 16.5 Å². The quantitative estimate of drug-likeness (QED) is 0.349. The molecule has 1 amide bonds. The third-order valence-electron chi connectivity index (χ3n) is 3.48. The summed E-state index contributed by atoms with van der Waals surface area (Å²) in [5, 5.41) is 10.9. The van der Waals surface area contributed by atoms with Crippen molar-refractivity contribution in [3.63, 3.8) is 0 Å². The number of carbonyl (C=O) groups is 1. The molecule has 0 radical (unpaired) electrons. The topological polar surface area (TPSA) is 85.8 Å². The molecule has 146 valence electrons. The standard InChI is InChI=1S/C16H10Cl2F3N5OS/c17-7-1-2-9(18)8(5-7)15-24-25-16(26(15)22)28-6-12(27)23-11-4-3-10(19)13(20)14(11)21/h1-5H,6,22H2,(H,23,27). The van der Waals surface area contributed by atoms with E-state index in [-0.39, 0.29) is 16.7 Å². The van der Waals surface area contributed by atoms with Crippen LogP contribution in [0.1, 0.15) is 0 Å². The van der Waals surface area contributed by atoms with Crippen molar-refractivity contribution in [2.75, 3.05) is 16.9 Å². The van der Waals surface area contributed by atoms with Crippen molar-refractivity contribution in [3.8, 4) is 11.4 Å². The van der Waals surface area contributed by atoms with E-state index in [0.29, 0.717) is 21.7 Å². The molecule has 0 unspecified atom stereocenters. The molecular weight excluding hydrogens is 438 g/mol. The van der Waals surface area contributed by atoms with Crippen molar-refractivity contribution in [3.05, 3.63) is 57.8 Å². The van der Waals surface area contributed by atoms with Gasteiger partial charge in [-0.1, -0.05) is 35.0 Å². The molecule has 3 aromatic rings. The lowest BCUT2D eigenvalue weighted by atomic mass is 10.2. The number of hydrogen-bond donors (Lipinski definition) is 2. The van der Waals surface area contributed by atoms with E-state index in [1.807, 2.05) is 0 Å². The van der Waals surface area contributed by atoms with Crippen molar-refractivity contribution < 1.29 is 18.0 Å². The minimum atomic E-state index is -1.67. The van der Waals surface area contributed by atoms with Crippen molar-refractivity contribution >= 4 is 46.6 Å². The average molecular weight is 448 g/mol. The summed E-state index contributed by atoms with van der Waals surface area (Å²) in [7, 11) is 0. The summed E-state index contributed by atoms with van der Waals surface area (Å²) in [5.74, 6) is 0.732. The lowest BCUT2D eigenvalue weighted by Crippen LogP contribution is -2.17. The van der Waals surface area contributed by atoms with Crippen LogP contribution >= 0.6 is 35.0 Å². The lowest BCUT2D eigenvalue weighted by Gasteiger charge is -2.08. The van der Waals surface area contributed by atoms with E-state index in [0.717, 1.165) is 22.5 Å². The van der Waals surface area contributed by atoms with Crippen LogP contribution in [0, 0.1) is 17.5 Å². The number of benzene rings is 2. The third kappa shape index (κ3) is 4.18. The fraction of sp³-hybridized carbons (Fsp3) is 0.0625. The van der Waals surface area contributed by atoms with Gasteiger partial charge in [-0.2, -0.15) is 0 Å². The Balaban J connectivity index is 1.70. The largest absolute Gasteiger partial charge is 0.335 e. The van der Waals surface area contributed by atoms with E-state index in [2.05, 4.69) is 15.5 Å². The highest BCUT2D eigenvalue weighted by Gasteiger charge is 2.18. The summed E-state index contributed by atoms with van der Waals surface area (Å²) in [4.78, 5) is 12.0. The first-order valence-electron chi connectivity index (χ1n) is 7.50. The number of amides is 1. The van der Waals surface area contributed by atoms with Gasteiger partial charge in [0, 0.05) is 10.6 Å².